The van der Waals surface area contributed by atoms with E-state index in [4.69, 9.17) is 0 Å². The lowest BCUT2D eigenvalue weighted by Gasteiger charge is -2.27. The Labute approximate surface area is 163 Å². The van der Waals surface area contributed by atoms with Crippen LogP contribution in [0.25, 0.3) is 0 Å². The fourth-order valence-corrected chi connectivity index (χ4v) is 3.80. The predicted molar refractivity (Wildman–Crippen MR) is 114 cm³/mol. The number of nitrogens with zero attached hydrogens (tertiary/aromatic N) is 2. The van der Waals surface area contributed by atoms with Gasteiger partial charge in [-0.05, 0) is 88.7 Å². The zero-order valence-corrected chi connectivity index (χ0v) is 16.7. The van der Waals surface area contributed by atoms with Crippen LogP contribution in [0.3, 0.4) is 0 Å². The molecule has 1 fully saturated rings. The maximum Gasteiger partial charge on any atom is 0.255 e. The topological polar surface area (TPSA) is 35.6 Å². The Balaban J connectivity index is 1.64. The average Bonchev–Trinajstić information content (AvgIpc) is 3.16. The Morgan fingerprint density at radius 3 is 2.44 bits per heavy atom. The molecule has 2 aromatic rings. The molecule has 0 atom stereocenters. The molecule has 144 valence electrons. The highest BCUT2D eigenvalue weighted by Gasteiger charge is 2.13. The number of likely N-dealkylation sites (tertiary alicyclic amines) is 1. The molecule has 0 radical (unpaired) electrons. The minimum absolute atomic E-state index is 0.0535. The van der Waals surface area contributed by atoms with Gasteiger partial charge >= 0.3 is 0 Å². The highest BCUT2D eigenvalue weighted by molar-refractivity contribution is 6.04. The van der Waals surface area contributed by atoms with E-state index < -0.39 is 0 Å². The third-order valence-corrected chi connectivity index (χ3v) is 5.21. The van der Waals surface area contributed by atoms with E-state index in [1.54, 1.807) is 0 Å². The van der Waals surface area contributed by atoms with E-state index in [9.17, 15) is 4.79 Å². The Hall–Kier alpha value is -2.33. The molecule has 1 amide bonds. The summed E-state index contributed by atoms with van der Waals surface area (Å²) < 4.78 is 0. The summed E-state index contributed by atoms with van der Waals surface area (Å²) >= 11 is 0. The van der Waals surface area contributed by atoms with Crippen molar-refractivity contribution in [1.29, 1.82) is 0 Å². The van der Waals surface area contributed by atoms with E-state index >= 15 is 0 Å². The SMILES string of the molecule is CCN(c1ccc(NC(=O)c2cccc(CN3CCCC3)c2)cc1)C(C)C. The van der Waals surface area contributed by atoms with Gasteiger partial charge in [-0.2, -0.15) is 0 Å². The standard InChI is InChI=1S/C23H31N3O/c1-4-26(18(2)3)22-12-10-21(11-13-22)24-23(27)20-9-7-8-19(16-20)17-25-14-5-6-15-25/h7-13,16,18H,4-6,14-15,17H2,1-3H3,(H,24,27). The van der Waals surface area contributed by atoms with Crippen molar-refractivity contribution in [3.63, 3.8) is 0 Å². The number of amides is 1. The van der Waals surface area contributed by atoms with Gasteiger partial charge in [-0.15, -0.1) is 0 Å². The van der Waals surface area contributed by atoms with Crippen molar-refractivity contribution in [2.24, 2.45) is 0 Å². The lowest BCUT2D eigenvalue weighted by molar-refractivity contribution is 0.102. The molecule has 0 aliphatic carbocycles. The largest absolute Gasteiger partial charge is 0.369 e. The van der Waals surface area contributed by atoms with Gasteiger partial charge in [0.05, 0.1) is 0 Å². The fourth-order valence-electron chi connectivity index (χ4n) is 3.80. The van der Waals surface area contributed by atoms with Crippen molar-refractivity contribution in [3.05, 3.63) is 59.7 Å². The predicted octanol–water partition coefficient (Wildman–Crippen LogP) is 4.77. The van der Waals surface area contributed by atoms with E-state index in [0.29, 0.717) is 11.6 Å². The molecule has 1 N–H and O–H groups in total. The summed E-state index contributed by atoms with van der Waals surface area (Å²) in [5.41, 5.74) is 3.93. The molecule has 1 aliphatic heterocycles. The first-order valence-corrected chi connectivity index (χ1v) is 10.1. The second kappa shape index (κ2) is 9.05. The van der Waals surface area contributed by atoms with Crippen molar-refractivity contribution in [2.75, 3.05) is 29.9 Å². The molecule has 4 heteroatoms. The third kappa shape index (κ3) is 5.10. The van der Waals surface area contributed by atoms with E-state index in [1.807, 2.05) is 30.3 Å². The molecule has 0 saturated carbocycles. The van der Waals surface area contributed by atoms with Crippen molar-refractivity contribution < 1.29 is 4.79 Å². The Morgan fingerprint density at radius 1 is 1.11 bits per heavy atom. The summed E-state index contributed by atoms with van der Waals surface area (Å²) in [4.78, 5) is 17.4. The zero-order chi connectivity index (χ0) is 19.2. The summed E-state index contributed by atoms with van der Waals surface area (Å²) in [7, 11) is 0. The lowest BCUT2D eigenvalue weighted by atomic mass is 10.1. The summed E-state index contributed by atoms with van der Waals surface area (Å²) in [6.45, 7) is 10.8. The minimum Gasteiger partial charge on any atom is -0.369 e. The van der Waals surface area contributed by atoms with E-state index in [0.717, 1.165) is 31.9 Å². The third-order valence-electron chi connectivity index (χ3n) is 5.21. The van der Waals surface area contributed by atoms with Crippen LogP contribution in [0.2, 0.25) is 0 Å². The number of nitrogens with one attached hydrogen (secondary N) is 1. The molecular formula is C23H31N3O. The van der Waals surface area contributed by atoms with Gasteiger partial charge < -0.3 is 10.2 Å². The molecule has 1 saturated heterocycles. The summed E-state index contributed by atoms with van der Waals surface area (Å²) in [6, 6.07) is 16.5. The van der Waals surface area contributed by atoms with Crippen molar-refractivity contribution >= 4 is 17.3 Å². The Bertz CT molecular complexity index is 748. The zero-order valence-electron chi connectivity index (χ0n) is 16.7. The second-order valence-corrected chi connectivity index (χ2v) is 7.56. The van der Waals surface area contributed by atoms with Crippen LogP contribution in [0.1, 0.15) is 49.5 Å². The van der Waals surface area contributed by atoms with Crippen LogP contribution in [0, 0.1) is 0 Å². The number of benzene rings is 2. The van der Waals surface area contributed by atoms with Crippen LogP contribution in [-0.2, 0) is 6.54 Å². The van der Waals surface area contributed by atoms with Crippen LogP contribution in [0.4, 0.5) is 11.4 Å². The Morgan fingerprint density at radius 2 is 1.81 bits per heavy atom. The Kier molecular flexibility index (Phi) is 6.51. The minimum atomic E-state index is -0.0535. The van der Waals surface area contributed by atoms with Crippen molar-refractivity contribution in [3.8, 4) is 0 Å². The second-order valence-electron chi connectivity index (χ2n) is 7.56. The van der Waals surface area contributed by atoms with Gasteiger partial charge in [0.15, 0.2) is 0 Å². The number of hydrogen-bond donors (Lipinski definition) is 1. The molecule has 0 aromatic heterocycles. The molecule has 0 unspecified atom stereocenters. The molecular weight excluding hydrogens is 334 g/mol. The molecule has 4 nitrogen and oxygen atoms in total. The molecule has 27 heavy (non-hydrogen) atoms. The average molecular weight is 366 g/mol. The maximum atomic E-state index is 12.7. The monoisotopic (exact) mass is 365 g/mol. The first-order valence-electron chi connectivity index (χ1n) is 10.1. The van der Waals surface area contributed by atoms with Crippen LogP contribution < -0.4 is 10.2 Å². The molecule has 0 spiro atoms. The lowest BCUT2D eigenvalue weighted by Crippen LogP contribution is -2.30. The van der Waals surface area contributed by atoms with Gasteiger partial charge in [0, 0.05) is 36.1 Å². The normalized spacial score (nSPS) is 14.5. The maximum absolute atomic E-state index is 12.7. The molecule has 2 aromatic carbocycles. The van der Waals surface area contributed by atoms with E-state index in [1.165, 1.54) is 24.1 Å². The van der Waals surface area contributed by atoms with E-state index in [-0.39, 0.29) is 5.91 Å². The first kappa shape index (κ1) is 19.4. The highest BCUT2D eigenvalue weighted by atomic mass is 16.1. The molecule has 3 rings (SSSR count). The van der Waals surface area contributed by atoms with Crippen LogP contribution in [0.5, 0.6) is 0 Å². The summed E-state index contributed by atoms with van der Waals surface area (Å²) in [5, 5.41) is 3.02. The number of carbonyl (C=O) groups is 1. The molecule has 1 aliphatic rings. The van der Waals surface area contributed by atoms with Gasteiger partial charge in [0.1, 0.15) is 0 Å². The number of anilines is 2. The smallest absolute Gasteiger partial charge is 0.255 e. The van der Waals surface area contributed by atoms with Gasteiger partial charge in [-0.1, -0.05) is 12.1 Å². The van der Waals surface area contributed by atoms with Gasteiger partial charge in [-0.3, -0.25) is 9.69 Å². The fraction of sp³-hybridized carbons (Fsp3) is 0.435. The summed E-state index contributed by atoms with van der Waals surface area (Å²) in [6.07, 6.45) is 2.56. The van der Waals surface area contributed by atoms with Gasteiger partial charge in [-0.25, -0.2) is 0 Å². The number of carbonyl (C=O) groups excluding carboxylic acids is 1. The highest BCUT2D eigenvalue weighted by Crippen LogP contribution is 2.21. The van der Waals surface area contributed by atoms with Crippen LogP contribution in [0.15, 0.2) is 48.5 Å². The van der Waals surface area contributed by atoms with Crippen molar-refractivity contribution in [2.45, 2.75) is 46.2 Å². The summed E-state index contributed by atoms with van der Waals surface area (Å²) in [5.74, 6) is -0.0535. The first-order chi connectivity index (χ1) is 13.1. The van der Waals surface area contributed by atoms with Crippen LogP contribution >= 0.6 is 0 Å². The number of hydrogen-bond acceptors (Lipinski definition) is 3. The van der Waals surface area contributed by atoms with Crippen LogP contribution in [-0.4, -0.2) is 36.5 Å². The van der Waals surface area contributed by atoms with Crippen molar-refractivity contribution in [1.82, 2.24) is 4.90 Å². The molecule has 1 heterocycles. The van der Waals surface area contributed by atoms with E-state index in [2.05, 4.69) is 54.1 Å². The van der Waals surface area contributed by atoms with Gasteiger partial charge in [0.25, 0.3) is 5.91 Å². The number of rotatable bonds is 7. The quantitative estimate of drug-likeness (QED) is 0.768. The van der Waals surface area contributed by atoms with Gasteiger partial charge in [0.2, 0.25) is 0 Å². The molecule has 0 bridgehead atoms.